The van der Waals surface area contributed by atoms with Crippen LogP contribution in [-0.4, -0.2) is 22.9 Å². The van der Waals surface area contributed by atoms with Crippen molar-refractivity contribution in [3.05, 3.63) is 59.7 Å². The van der Waals surface area contributed by atoms with Gasteiger partial charge in [-0.1, -0.05) is 30.3 Å². The lowest BCUT2D eigenvalue weighted by molar-refractivity contribution is -0.110. The summed E-state index contributed by atoms with van der Waals surface area (Å²) >= 11 is 0. The number of nitrogens with one attached hydrogen (secondary N) is 1. The zero-order chi connectivity index (χ0) is 13.9. The quantitative estimate of drug-likeness (QED) is 0.645. The average Bonchev–Trinajstić information content (AvgIpc) is 2.77. The van der Waals surface area contributed by atoms with Gasteiger partial charge >= 0.3 is 0 Å². The highest BCUT2D eigenvalue weighted by atomic mass is 16.3. The molecule has 0 radical (unpaired) electrons. The van der Waals surface area contributed by atoms with E-state index in [0.717, 1.165) is 11.3 Å². The Labute approximate surface area is 115 Å². The second kappa shape index (κ2) is 4.97. The molecule has 1 aliphatic heterocycles. The number of aromatic hydroxyl groups is 1. The summed E-state index contributed by atoms with van der Waals surface area (Å²) in [6, 6.07) is 14.1. The molecule has 2 N–H and O–H groups in total. The topological polar surface area (TPSA) is 74.0 Å². The third-order valence-electron chi connectivity index (χ3n) is 2.94. The van der Waals surface area contributed by atoms with Crippen molar-refractivity contribution in [3.63, 3.8) is 0 Å². The number of fused-ring (bicyclic) bond motifs is 1. The van der Waals surface area contributed by atoms with Gasteiger partial charge in [0.2, 0.25) is 0 Å². The molecule has 0 saturated carbocycles. The zero-order valence-electron chi connectivity index (χ0n) is 10.4. The maximum absolute atomic E-state index is 11.8. The Hall–Kier alpha value is -2.95. The van der Waals surface area contributed by atoms with Crippen LogP contribution >= 0.6 is 0 Å². The van der Waals surface area contributed by atoms with Crippen LogP contribution < -0.4 is 5.32 Å². The SMILES string of the molecule is O=C1Nc2ccccc2/C1=N\N=C\c1ccccc1O. The third kappa shape index (κ3) is 2.16. The van der Waals surface area contributed by atoms with E-state index in [1.54, 1.807) is 24.3 Å². The van der Waals surface area contributed by atoms with Gasteiger partial charge in [0.05, 0.1) is 11.9 Å². The number of carbonyl (C=O) groups is 1. The number of phenolic OH excluding ortho intramolecular Hbond substituents is 1. The first-order valence-electron chi connectivity index (χ1n) is 6.05. The third-order valence-corrected chi connectivity index (χ3v) is 2.94. The number of carbonyl (C=O) groups excluding carboxylic acids is 1. The number of anilines is 1. The maximum Gasteiger partial charge on any atom is 0.276 e. The molecule has 5 nitrogen and oxygen atoms in total. The van der Waals surface area contributed by atoms with Crippen LogP contribution in [0.25, 0.3) is 0 Å². The zero-order valence-corrected chi connectivity index (χ0v) is 10.4. The molecule has 0 spiro atoms. The monoisotopic (exact) mass is 265 g/mol. The number of para-hydroxylation sites is 2. The fraction of sp³-hybridized carbons (Fsp3) is 0. The molecule has 0 fully saturated rings. The van der Waals surface area contributed by atoms with Gasteiger partial charge in [-0.2, -0.15) is 5.10 Å². The van der Waals surface area contributed by atoms with E-state index in [0.29, 0.717) is 5.56 Å². The van der Waals surface area contributed by atoms with E-state index in [9.17, 15) is 9.90 Å². The van der Waals surface area contributed by atoms with Crippen LogP contribution in [0.2, 0.25) is 0 Å². The van der Waals surface area contributed by atoms with E-state index in [2.05, 4.69) is 15.5 Å². The predicted octanol–water partition coefficient (Wildman–Crippen LogP) is 2.17. The van der Waals surface area contributed by atoms with Gasteiger partial charge in [0.15, 0.2) is 5.71 Å². The molecule has 1 aliphatic rings. The van der Waals surface area contributed by atoms with Crippen molar-refractivity contribution >= 4 is 23.5 Å². The molecule has 20 heavy (non-hydrogen) atoms. The van der Waals surface area contributed by atoms with Crippen LogP contribution in [0, 0.1) is 0 Å². The number of hydrogen-bond acceptors (Lipinski definition) is 4. The molecule has 98 valence electrons. The number of nitrogens with zero attached hydrogens (tertiary/aromatic N) is 2. The van der Waals surface area contributed by atoms with Crippen molar-refractivity contribution in [2.24, 2.45) is 10.2 Å². The molecule has 0 aliphatic carbocycles. The molecule has 1 amide bonds. The van der Waals surface area contributed by atoms with Crippen LogP contribution in [-0.2, 0) is 4.79 Å². The summed E-state index contributed by atoms with van der Waals surface area (Å²) in [4.78, 5) is 11.8. The number of hydrogen-bond donors (Lipinski definition) is 2. The molecule has 2 aromatic rings. The second-order valence-electron chi connectivity index (χ2n) is 4.25. The van der Waals surface area contributed by atoms with E-state index >= 15 is 0 Å². The minimum atomic E-state index is -0.277. The van der Waals surface area contributed by atoms with Gasteiger partial charge in [0, 0.05) is 11.1 Å². The van der Waals surface area contributed by atoms with Gasteiger partial charge in [-0.25, -0.2) is 0 Å². The average molecular weight is 265 g/mol. The van der Waals surface area contributed by atoms with Gasteiger partial charge < -0.3 is 10.4 Å². The van der Waals surface area contributed by atoms with Crippen molar-refractivity contribution in [1.82, 2.24) is 0 Å². The Balaban J connectivity index is 1.90. The summed E-state index contributed by atoms with van der Waals surface area (Å²) in [5, 5.41) is 20.1. The first kappa shape index (κ1) is 12.1. The highest BCUT2D eigenvalue weighted by Gasteiger charge is 2.25. The van der Waals surface area contributed by atoms with Gasteiger partial charge in [-0.15, -0.1) is 5.10 Å². The first-order chi connectivity index (χ1) is 9.75. The standard InChI is InChI=1S/C15H11N3O2/c19-13-8-4-1-5-10(13)9-16-18-14-11-6-2-3-7-12(11)17-15(14)20/h1-9,19H,(H,17,18,20)/b16-9+. The van der Waals surface area contributed by atoms with Crippen molar-refractivity contribution in [3.8, 4) is 5.75 Å². The Morgan fingerprint density at radius 3 is 2.65 bits per heavy atom. The summed E-state index contributed by atoms with van der Waals surface area (Å²) in [6.07, 6.45) is 1.41. The smallest absolute Gasteiger partial charge is 0.276 e. The summed E-state index contributed by atoms with van der Waals surface area (Å²) in [5.41, 5.74) is 2.27. The van der Waals surface area contributed by atoms with Gasteiger partial charge in [0.25, 0.3) is 5.91 Å². The summed E-state index contributed by atoms with van der Waals surface area (Å²) in [5.74, 6) is -0.159. The Kier molecular flexibility index (Phi) is 3.01. The van der Waals surface area contributed by atoms with Crippen molar-refractivity contribution in [2.75, 3.05) is 5.32 Å². The molecular weight excluding hydrogens is 254 g/mol. The van der Waals surface area contributed by atoms with E-state index in [-0.39, 0.29) is 17.4 Å². The molecule has 5 heteroatoms. The van der Waals surface area contributed by atoms with Crippen LogP contribution in [0.5, 0.6) is 5.75 Å². The highest BCUT2D eigenvalue weighted by molar-refractivity contribution is 6.53. The van der Waals surface area contributed by atoms with E-state index in [4.69, 9.17) is 0 Å². The number of rotatable bonds is 2. The second-order valence-corrected chi connectivity index (χ2v) is 4.25. The van der Waals surface area contributed by atoms with Crippen LogP contribution in [0.4, 0.5) is 5.69 Å². The van der Waals surface area contributed by atoms with Crippen molar-refractivity contribution in [2.45, 2.75) is 0 Å². The Morgan fingerprint density at radius 2 is 1.80 bits per heavy atom. The lowest BCUT2D eigenvalue weighted by Gasteiger charge is -1.95. The van der Waals surface area contributed by atoms with Crippen molar-refractivity contribution < 1.29 is 9.90 Å². The summed E-state index contributed by atoms with van der Waals surface area (Å²) < 4.78 is 0. The van der Waals surface area contributed by atoms with Gasteiger partial charge in [0.1, 0.15) is 5.75 Å². The molecule has 0 bridgehead atoms. The maximum atomic E-state index is 11.8. The van der Waals surface area contributed by atoms with Crippen LogP contribution in [0.3, 0.4) is 0 Å². The van der Waals surface area contributed by atoms with Gasteiger partial charge in [-0.05, 0) is 18.2 Å². The summed E-state index contributed by atoms with van der Waals surface area (Å²) in [7, 11) is 0. The molecule has 0 atom stereocenters. The molecule has 0 aromatic heterocycles. The Bertz CT molecular complexity index is 735. The first-order valence-corrected chi connectivity index (χ1v) is 6.05. The lowest BCUT2D eigenvalue weighted by Crippen LogP contribution is -2.13. The normalized spacial score (nSPS) is 15.6. The molecule has 2 aromatic carbocycles. The fourth-order valence-corrected chi connectivity index (χ4v) is 1.95. The minimum absolute atomic E-state index is 0.118. The highest BCUT2D eigenvalue weighted by Crippen LogP contribution is 2.22. The van der Waals surface area contributed by atoms with Gasteiger partial charge in [-0.3, -0.25) is 4.79 Å². The number of amides is 1. The Morgan fingerprint density at radius 1 is 1.05 bits per heavy atom. The van der Waals surface area contributed by atoms with Crippen LogP contribution in [0.1, 0.15) is 11.1 Å². The number of benzene rings is 2. The van der Waals surface area contributed by atoms with E-state index in [1.165, 1.54) is 6.21 Å². The molecular formula is C15H11N3O2. The number of phenols is 1. The molecule has 0 unspecified atom stereocenters. The lowest BCUT2D eigenvalue weighted by atomic mass is 10.1. The molecule has 1 heterocycles. The summed E-state index contributed by atoms with van der Waals surface area (Å²) in [6.45, 7) is 0. The van der Waals surface area contributed by atoms with E-state index < -0.39 is 0 Å². The fourth-order valence-electron chi connectivity index (χ4n) is 1.95. The van der Waals surface area contributed by atoms with Crippen LogP contribution in [0.15, 0.2) is 58.7 Å². The predicted molar refractivity (Wildman–Crippen MR) is 77.3 cm³/mol. The molecule has 0 saturated heterocycles. The largest absolute Gasteiger partial charge is 0.507 e. The molecule has 3 rings (SSSR count). The minimum Gasteiger partial charge on any atom is -0.507 e. The van der Waals surface area contributed by atoms with Crippen molar-refractivity contribution in [1.29, 1.82) is 0 Å². The van der Waals surface area contributed by atoms with E-state index in [1.807, 2.05) is 24.3 Å².